The van der Waals surface area contributed by atoms with Crippen molar-refractivity contribution in [2.75, 3.05) is 4.90 Å². The summed E-state index contributed by atoms with van der Waals surface area (Å²) in [4.78, 5) is 26.3. The number of fused-ring (bicyclic) bond motifs is 5. The lowest BCUT2D eigenvalue weighted by Gasteiger charge is -2.32. The Labute approximate surface area is 120 Å². The van der Waals surface area contributed by atoms with Crippen LogP contribution in [0.4, 0.5) is 5.69 Å². The van der Waals surface area contributed by atoms with Gasteiger partial charge in [-0.2, -0.15) is 0 Å². The quantitative estimate of drug-likeness (QED) is 0.809. The monoisotopic (exact) mass is 284 g/mol. The lowest BCUT2D eigenvalue weighted by atomic mass is 10.1. The van der Waals surface area contributed by atoms with Gasteiger partial charge in [0.1, 0.15) is 6.17 Å². The number of carbonyl (C=O) groups excluding carboxylic acids is 2. The molecule has 2 heterocycles. The highest BCUT2D eigenvalue weighted by Gasteiger charge is 2.43. The van der Waals surface area contributed by atoms with Crippen LogP contribution in [0.1, 0.15) is 32.4 Å². The van der Waals surface area contributed by atoms with Crippen LogP contribution in [0.15, 0.2) is 42.5 Å². The van der Waals surface area contributed by atoms with E-state index >= 15 is 0 Å². The Morgan fingerprint density at radius 1 is 1.05 bits per heavy atom. The van der Waals surface area contributed by atoms with Crippen molar-refractivity contribution in [2.45, 2.75) is 6.17 Å². The summed E-state index contributed by atoms with van der Waals surface area (Å²) >= 11 is 5.96. The second kappa shape index (κ2) is 3.84. The van der Waals surface area contributed by atoms with Crippen molar-refractivity contribution in [3.63, 3.8) is 0 Å². The number of nitrogens with one attached hydrogen (secondary N) is 1. The first-order valence-electron chi connectivity index (χ1n) is 6.20. The van der Waals surface area contributed by atoms with Crippen LogP contribution in [0.2, 0.25) is 5.02 Å². The topological polar surface area (TPSA) is 49.4 Å². The Morgan fingerprint density at radius 3 is 2.70 bits per heavy atom. The third-order valence-corrected chi connectivity index (χ3v) is 3.93. The van der Waals surface area contributed by atoms with Gasteiger partial charge in [0, 0.05) is 16.1 Å². The van der Waals surface area contributed by atoms with Crippen LogP contribution in [0.25, 0.3) is 0 Å². The number of carbonyl (C=O) groups is 2. The van der Waals surface area contributed by atoms with Crippen molar-refractivity contribution >= 4 is 29.1 Å². The molecule has 0 radical (unpaired) electrons. The molecule has 1 atom stereocenters. The molecule has 5 heteroatoms. The van der Waals surface area contributed by atoms with Gasteiger partial charge < -0.3 is 5.32 Å². The van der Waals surface area contributed by atoms with Gasteiger partial charge in [-0.3, -0.25) is 14.5 Å². The molecule has 0 saturated carbocycles. The summed E-state index contributed by atoms with van der Waals surface area (Å²) in [5.41, 5.74) is 2.47. The second-order valence-corrected chi connectivity index (χ2v) is 5.24. The molecule has 1 N–H and O–H groups in total. The number of nitrogens with zero attached hydrogens (tertiary/aromatic N) is 1. The van der Waals surface area contributed by atoms with Gasteiger partial charge in [-0.25, -0.2) is 0 Å². The van der Waals surface area contributed by atoms with Crippen LogP contribution in [-0.2, 0) is 0 Å². The van der Waals surface area contributed by atoms with Gasteiger partial charge in [0.05, 0.1) is 11.3 Å². The largest absolute Gasteiger partial charge is 0.327 e. The Kier molecular flexibility index (Phi) is 2.20. The Morgan fingerprint density at radius 2 is 1.85 bits per heavy atom. The molecule has 0 bridgehead atoms. The van der Waals surface area contributed by atoms with Crippen LogP contribution < -0.4 is 10.2 Å². The van der Waals surface area contributed by atoms with Gasteiger partial charge in [0.2, 0.25) is 0 Å². The molecular weight excluding hydrogens is 276 g/mol. The molecule has 4 nitrogen and oxygen atoms in total. The predicted molar refractivity (Wildman–Crippen MR) is 74.9 cm³/mol. The molecule has 20 heavy (non-hydrogen) atoms. The SMILES string of the molecule is O=C1NC2c3ccc(Cl)cc3C(=O)N2c2ccccc21. The fourth-order valence-electron chi connectivity index (χ4n) is 2.81. The van der Waals surface area contributed by atoms with Crippen molar-refractivity contribution in [3.8, 4) is 0 Å². The maximum atomic E-state index is 12.6. The zero-order valence-corrected chi connectivity index (χ0v) is 11.0. The molecule has 2 aliphatic rings. The molecule has 0 fully saturated rings. The normalized spacial score (nSPS) is 19.2. The third-order valence-electron chi connectivity index (χ3n) is 3.69. The smallest absolute Gasteiger partial charge is 0.260 e. The van der Waals surface area contributed by atoms with E-state index in [1.165, 1.54) is 0 Å². The van der Waals surface area contributed by atoms with E-state index in [-0.39, 0.29) is 11.8 Å². The lowest BCUT2D eigenvalue weighted by molar-refractivity contribution is 0.0912. The van der Waals surface area contributed by atoms with E-state index in [2.05, 4.69) is 5.32 Å². The van der Waals surface area contributed by atoms with E-state index < -0.39 is 6.17 Å². The number of rotatable bonds is 0. The van der Waals surface area contributed by atoms with Gasteiger partial charge in [0.25, 0.3) is 11.8 Å². The summed E-state index contributed by atoms with van der Waals surface area (Å²) in [6.07, 6.45) is -0.447. The molecule has 98 valence electrons. The van der Waals surface area contributed by atoms with Gasteiger partial charge in [-0.05, 0) is 24.3 Å². The molecule has 0 aromatic heterocycles. The first kappa shape index (κ1) is 11.5. The lowest BCUT2D eigenvalue weighted by Crippen LogP contribution is -2.45. The molecule has 0 spiro atoms. The average Bonchev–Trinajstić information content (AvgIpc) is 2.72. The number of anilines is 1. The van der Waals surface area contributed by atoms with E-state index in [1.807, 2.05) is 6.07 Å². The molecule has 0 aliphatic carbocycles. The van der Waals surface area contributed by atoms with Crippen molar-refractivity contribution < 1.29 is 9.59 Å². The van der Waals surface area contributed by atoms with Crippen LogP contribution in [-0.4, -0.2) is 11.8 Å². The summed E-state index contributed by atoms with van der Waals surface area (Å²) in [7, 11) is 0. The minimum Gasteiger partial charge on any atom is -0.327 e. The summed E-state index contributed by atoms with van der Waals surface area (Å²) in [6, 6.07) is 12.3. The summed E-state index contributed by atoms with van der Waals surface area (Å²) in [5.74, 6) is -0.308. The summed E-state index contributed by atoms with van der Waals surface area (Å²) in [5, 5.41) is 3.37. The first-order chi connectivity index (χ1) is 9.66. The summed E-state index contributed by atoms with van der Waals surface area (Å²) in [6.45, 7) is 0. The number of amides is 2. The highest BCUT2D eigenvalue weighted by molar-refractivity contribution is 6.31. The maximum absolute atomic E-state index is 12.6. The maximum Gasteiger partial charge on any atom is 0.260 e. The minimum absolute atomic E-state index is 0.139. The average molecular weight is 285 g/mol. The van der Waals surface area contributed by atoms with Crippen LogP contribution in [0.5, 0.6) is 0 Å². The number of benzene rings is 2. The van der Waals surface area contributed by atoms with Gasteiger partial charge in [-0.15, -0.1) is 0 Å². The van der Waals surface area contributed by atoms with E-state index in [4.69, 9.17) is 11.6 Å². The van der Waals surface area contributed by atoms with E-state index in [0.717, 1.165) is 5.56 Å². The molecule has 2 aromatic carbocycles. The van der Waals surface area contributed by atoms with Crippen LogP contribution in [0, 0.1) is 0 Å². The van der Waals surface area contributed by atoms with Crippen molar-refractivity contribution in [1.29, 1.82) is 0 Å². The van der Waals surface area contributed by atoms with Gasteiger partial charge in [-0.1, -0.05) is 29.8 Å². The Bertz CT molecular complexity index is 772. The number of para-hydroxylation sites is 1. The van der Waals surface area contributed by atoms with Crippen LogP contribution in [0.3, 0.4) is 0 Å². The zero-order chi connectivity index (χ0) is 13.9. The molecule has 2 aromatic rings. The van der Waals surface area contributed by atoms with E-state index in [0.29, 0.717) is 21.8 Å². The highest BCUT2D eigenvalue weighted by Crippen LogP contribution is 2.41. The van der Waals surface area contributed by atoms with Gasteiger partial charge >= 0.3 is 0 Å². The zero-order valence-electron chi connectivity index (χ0n) is 10.3. The van der Waals surface area contributed by atoms with Gasteiger partial charge in [0.15, 0.2) is 0 Å². The minimum atomic E-state index is -0.447. The number of hydrogen-bond acceptors (Lipinski definition) is 2. The molecular formula is C15H9ClN2O2. The molecule has 2 amide bonds. The van der Waals surface area contributed by atoms with Crippen LogP contribution >= 0.6 is 11.6 Å². The standard InChI is InChI=1S/C15H9ClN2O2/c16-8-5-6-9-11(7-8)15(20)18-12-4-2-1-3-10(12)14(19)17-13(9)18/h1-7,13H,(H,17,19). The fraction of sp³-hybridized carbons (Fsp3) is 0.0667. The fourth-order valence-corrected chi connectivity index (χ4v) is 2.98. The second-order valence-electron chi connectivity index (χ2n) is 4.80. The first-order valence-corrected chi connectivity index (χ1v) is 6.57. The number of halogens is 1. The predicted octanol–water partition coefficient (Wildman–Crippen LogP) is 2.74. The molecule has 1 unspecified atom stereocenters. The van der Waals surface area contributed by atoms with E-state index in [9.17, 15) is 9.59 Å². The molecule has 2 aliphatic heterocycles. The molecule has 0 saturated heterocycles. The third kappa shape index (κ3) is 1.37. The Hall–Kier alpha value is -2.33. The van der Waals surface area contributed by atoms with Crippen molar-refractivity contribution in [2.24, 2.45) is 0 Å². The number of hydrogen-bond donors (Lipinski definition) is 1. The van der Waals surface area contributed by atoms with Crippen molar-refractivity contribution in [1.82, 2.24) is 5.32 Å². The molecule has 4 rings (SSSR count). The Balaban J connectivity index is 1.96. The van der Waals surface area contributed by atoms with Crippen molar-refractivity contribution in [3.05, 3.63) is 64.2 Å². The summed E-state index contributed by atoms with van der Waals surface area (Å²) < 4.78 is 0. The highest BCUT2D eigenvalue weighted by atomic mass is 35.5. The van der Waals surface area contributed by atoms with E-state index in [1.54, 1.807) is 41.3 Å².